The van der Waals surface area contributed by atoms with E-state index in [0.717, 1.165) is 37.1 Å². The third kappa shape index (κ3) is 4.03. The summed E-state index contributed by atoms with van der Waals surface area (Å²) >= 11 is 0. The van der Waals surface area contributed by atoms with Crippen LogP contribution in [-0.2, 0) is 20.2 Å². The predicted molar refractivity (Wildman–Crippen MR) is 80.1 cm³/mol. The Labute approximate surface area is 130 Å². The predicted octanol–water partition coefficient (Wildman–Crippen LogP) is 0.963. The van der Waals surface area contributed by atoms with Crippen molar-refractivity contribution in [3.8, 4) is 0 Å². The first-order chi connectivity index (χ1) is 10.1. The van der Waals surface area contributed by atoms with E-state index in [2.05, 4.69) is 9.62 Å². The van der Waals surface area contributed by atoms with Crippen LogP contribution in [0.1, 0.15) is 12.8 Å². The highest BCUT2D eigenvalue weighted by molar-refractivity contribution is 7.89. The summed E-state index contributed by atoms with van der Waals surface area (Å²) in [6.07, 6.45) is 1.88. The van der Waals surface area contributed by atoms with Crippen LogP contribution in [-0.4, -0.2) is 48.4 Å². The summed E-state index contributed by atoms with van der Waals surface area (Å²) < 4.78 is 60.9. The highest BCUT2D eigenvalue weighted by Gasteiger charge is 2.31. The lowest BCUT2D eigenvalue weighted by molar-refractivity contribution is 0.126. The monoisotopic (exact) mass is 350 g/mol. The van der Waals surface area contributed by atoms with Gasteiger partial charge in [0.1, 0.15) is 0 Å². The number of nitrogens with zero attached hydrogens (tertiary/aromatic N) is 1. The van der Waals surface area contributed by atoms with E-state index in [9.17, 15) is 20.7 Å². The van der Waals surface area contributed by atoms with Crippen molar-refractivity contribution in [3.63, 3.8) is 0 Å². The van der Waals surface area contributed by atoms with Crippen molar-refractivity contribution in [2.75, 3.05) is 20.6 Å². The Hall–Kier alpha value is -1.03. The minimum Gasteiger partial charge on any atom is -0.306 e. The number of hydrogen-bond donors (Lipinski definition) is 1. The Morgan fingerprint density at radius 2 is 1.59 bits per heavy atom. The number of rotatable bonds is 6. The molecule has 9 heteroatoms. The Morgan fingerprint density at radius 3 is 2.05 bits per heavy atom. The fourth-order valence-electron chi connectivity index (χ4n) is 2.38. The standard InChI is InChI=1S/C13H19FN2O4S2/c1-16(2)11-7-10(8-11)9-15-22(19,20)13-5-3-12(4-6-13)21(14,17)18/h3-6,10-11,15H,7-9H2,1-2H3. The van der Waals surface area contributed by atoms with Crippen LogP contribution in [0.4, 0.5) is 3.89 Å². The van der Waals surface area contributed by atoms with Crippen LogP contribution in [0.3, 0.4) is 0 Å². The highest BCUT2D eigenvalue weighted by Crippen LogP contribution is 2.30. The Balaban J connectivity index is 1.96. The second-order valence-corrected chi connectivity index (χ2v) is 8.83. The molecule has 22 heavy (non-hydrogen) atoms. The van der Waals surface area contributed by atoms with E-state index in [1.54, 1.807) is 0 Å². The molecular formula is C13H19FN2O4S2. The van der Waals surface area contributed by atoms with E-state index in [-0.39, 0.29) is 4.90 Å². The molecule has 1 aliphatic carbocycles. The molecule has 1 aromatic carbocycles. The molecule has 0 bridgehead atoms. The van der Waals surface area contributed by atoms with Crippen molar-refractivity contribution in [3.05, 3.63) is 24.3 Å². The van der Waals surface area contributed by atoms with Crippen molar-refractivity contribution in [2.24, 2.45) is 5.92 Å². The molecule has 0 spiro atoms. The van der Waals surface area contributed by atoms with Gasteiger partial charge in [0.2, 0.25) is 10.0 Å². The number of sulfonamides is 1. The highest BCUT2D eigenvalue weighted by atomic mass is 32.3. The van der Waals surface area contributed by atoms with Crippen LogP contribution >= 0.6 is 0 Å². The van der Waals surface area contributed by atoms with Gasteiger partial charge in [-0.2, -0.15) is 8.42 Å². The second kappa shape index (κ2) is 6.23. The van der Waals surface area contributed by atoms with E-state index < -0.39 is 25.1 Å². The molecule has 1 aliphatic rings. The van der Waals surface area contributed by atoms with Crippen LogP contribution in [0.2, 0.25) is 0 Å². The molecule has 6 nitrogen and oxygen atoms in total. The summed E-state index contributed by atoms with van der Waals surface area (Å²) in [6, 6.07) is 4.53. The summed E-state index contributed by atoms with van der Waals surface area (Å²) in [5.74, 6) is 0.299. The van der Waals surface area contributed by atoms with E-state index in [1.807, 2.05) is 14.1 Å². The lowest BCUT2D eigenvalue weighted by atomic mass is 9.80. The fraction of sp³-hybridized carbons (Fsp3) is 0.538. The zero-order chi connectivity index (χ0) is 16.5. The van der Waals surface area contributed by atoms with Crippen LogP contribution < -0.4 is 4.72 Å². The maximum absolute atomic E-state index is 12.8. The molecule has 1 aromatic rings. The Morgan fingerprint density at radius 1 is 1.09 bits per heavy atom. The summed E-state index contributed by atoms with van der Waals surface area (Å²) in [7, 11) is -4.55. The lowest BCUT2D eigenvalue weighted by Crippen LogP contribution is -2.44. The van der Waals surface area contributed by atoms with Crippen molar-refractivity contribution < 1.29 is 20.7 Å². The van der Waals surface area contributed by atoms with Gasteiger partial charge in [0.25, 0.3) is 0 Å². The zero-order valence-corrected chi connectivity index (χ0v) is 14.0. The molecular weight excluding hydrogens is 331 g/mol. The second-order valence-electron chi connectivity index (χ2n) is 5.72. The summed E-state index contributed by atoms with van der Waals surface area (Å²) in [4.78, 5) is 1.48. The van der Waals surface area contributed by atoms with E-state index >= 15 is 0 Å². The van der Waals surface area contributed by atoms with Gasteiger partial charge >= 0.3 is 10.2 Å². The molecule has 0 unspecified atom stereocenters. The molecule has 0 atom stereocenters. The van der Waals surface area contributed by atoms with E-state index in [4.69, 9.17) is 0 Å². The van der Waals surface area contributed by atoms with E-state index in [1.165, 1.54) is 0 Å². The summed E-state index contributed by atoms with van der Waals surface area (Å²) in [5, 5.41) is 0. The molecule has 1 saturated carbocycles. The van der Waals surface area contributed by atoms with Gasteiger partial charge < -0.3 is 4.90 Å². The molecule has 0 amide bonds. The third-order valence-electron chi connectivity index (χ3n) is 3.92. The van der Waals surface area contributed by atoms with Gasteiger partial charge in [0.15, 0.2) is 0 Å². The van der Waals surface area contributed by atoms with Gasteiger partial charge in [-0.05, 0) is 57.1 Å². The summed E-state index contributed by atoms with van der Waals surface area (Å²) in [5.41, 5.74) is 0. The van der Waals surface area contributed by atoms with Crippen LogP contribution in [0.25, 0.3) is 0 Å². The zero-order valence-electron chi connectivity index (χ0n) is 12.4. The first-order valence-corrected chi connectivity index (χ1v) is 9.67. The first kappa shape index (κ1) is 17.3. The van der Waals surface area contributed by atoms with Crippen LogP contribution in [0.5, 0.6) is 0 Å². The minimum absolute atomic E-state index is 0.0802. The fourth-order valence-corrected chi connectivity index (χ4v) is 3.96. The molecule has 124 valence electrons. The molecule has 2 rings (SSSR count). The quantitative estimate of drug-likeness (QED) is 0.773. The molecule has 0 radical (unpaired) electrons. The molecule has 0 saturated heterocycles. The maximum atomic E-state index is 12.8. The summed E-state index contributed by atoms with van der Waals surface area (Å²) in [6.45, 7) is 0.343. The van der Waals surface area contributed by atoms with Gasteiger partial charge in [0.05, 0.1) is 9.79 Å². The molecule has 1 N–H and O–H groups in total. The van der Waals surface area contributed by atoms with Gasteiger partial charge in [-0.25, -0.2) is 13.1 Å². The van der Waals surface area contributed by atoms with Gasteiger partial charge in [-0.15, -0.1) is 3.89 Å². The average molecular weight is 350 g/mol. The topological polar surface area (TPSA) is 83.6 Å². The third-order valence-corrected chi connectivity index (χ3v) is 6.19. The molecule has 0 aliphatic heterocycles. The largest absolute Gasteiger partial charge is 0.332 e. The number of benzene rings is 1. The van der Waals surface area contributed by atoms with Gasteiger partial charge in [-0.3, -0.25) is 0 Å². The SMILES string of the molecule is CN(C)C1CC(CNS(=O)(=O)c2ccc(S(=O)(=O)F)cc2)C1. The van der Waals surface area contributed by atoms with Gasteiger partial charge in [0, 0.05) is 12.6 Å². The molecule has 0 heterocycles. The normalized spacial score (nSPS) is 22.5. The number of halogens is 1. The lowest BCUT2D eigenvalue weighted by Gasteiger charge is -2.39. The number of nitrogens with one attached hydrogen (secondary N) is 1. The van der Waals surface area contributed by atoms with Crippen molar-refractivity contribution in [1.29, 1.82) is 0 Å². The first-order valence-electron chi connectivity index (χ1n) is 6.80. The smallest absolute Gasteiger partial charge is 0.306 e. The minimum atomic E-state index is -4.82. The van der Waals surface area contributed by atoms with Crippen LogP contribution in [0.15, 0.2) is 34.1 Å². The van der Waals surface area contributed by atoms with E-state index in [0.29, 0.717) is 18.5 Å². The average Bonchev–Trinajstić information content (AvgIpc) is 2.35. The van der Waals surface area contributed by atoms with Crippen molar-refractivity contribution >= 4 is 20.2 Å². The van der Waals surface area contributed by atoms with Crippen molar-refractivity contribution in [1.82, 2.24) is 9.62 Å². The number of hydrogen-bond acceptors (Lipinski definition) is 5. The Kier molecular flexibility index (Phi) is 4.90. The maximum Gasteiger partial charge on any atom is 0.332 e. The Bertz CT molecular complexity index is 724. The molecule has 0 aromatic heterocycles. The van der Waals surface area contributed by atoms with Gasteiger partial charge in [-0.1, -0.05) is 0 Å². The van der Waals surface area contributed by atoms with Crippen molar-refractivity contribution in [2.45, 2.75) is 28.7 Å². The van der Waals surface area contributed by atoms with Crippen LogP contribution in [0, 0.1) is 5.92 Å². The molecule has 1 fully saturated rings.